The average molecular weight is 287 g/mol. The summed E-state index contributed by atoms with van der Waals surface area (Å²) in [6.07, 6.45) is -1.14. The zero-order valence-electron chi connectivity index (χ0n) is 12.1. The highest BCUT2D eigenvalue weighted by Crippen LogP contribution is 2.22. The van der Waals surface area contributed by atoms with Gasteiger partial charge in [-0.3, -0.25) is 4.79 Å². The van der Waals surface area contributed by atoms with Crippen LogP contribution in [0.25, 0.3) is 0 Å². The van der Waals surface area contributed by atoms with Gasteiger partial charge in [0.2, 0.25) is 5.91 Å². The van der Waals surface area contributed by atoms with E-state index in [4.69, 9.17) is 0 Å². The Morgan fingerprint density at radius 3 is 2.43 bits per heavy atom. The third kappa shape index (κ3) is 3.89. The SMILES string of the molecule is Cc1cccc(C)c1NC(=O)CC(O)c1cccc(F)c1. The second kappa shape index (κ2) is 6.50. The Bertz CT molecular complexity index is 635. The molecule has 0 bridgehead atoms. The summed E-state index contributed by atoms with van der Waals surface area (Å²) in [6.45, 7) is 3.82. The zero-order chi connectivity index (χ0) is 15.4. The molecule has 0 aliphatic carbocycles. The zero-order valence-corrected chi connectivity index (χ0v) is 12.1. The molecular formula is C17H18FNO2. The molecule has 2 N–H and O–H groups in total. The normalized spacial score (nSPS) is 12.0. The summed E-state index contributed by atoms with van der Waals surface area (Å²) in [5.74, 6) is -0.731. The van der Waals surface area contributed by atoms with Crippen molar-refractivity contribution >= 4 is 11.6 Å². The maximum absolute atomic E-state index is 13.1. The maximum atomic E-state index is 13.1. The van der Waals surface area contributed by atoms with Gasteiger partial charge in [0.05, 0.1) is 12.5 Å². The molecule has 0 fully saturated rings. The van der Waals surface area contributed by atoms with Gasteiger partial charge in [-0.2, -0.15) is 0 Å². The molecule has 2 aromatic carbocycles. The van der Waals surface area contributed by atoms with Gasteiger partial charge in [-0.05, 0) is 42.7 Å². The van der Waals surface area contributed by atoms with E-state index in [1.54, 1.807) is 6.07 Å². The number of aliphatic hydroxyl groups excluding tert-OH is 1. The van der Waals surface area contributed by atoms with Crippen molar-refractivity contribution in [2.24, 2.45) is 0 Å². The highest BCUT2D eigenvalue weighted by atomic mass is 19.1. The van der Waals surface area contributed by atoms with Crippen LogP contribution in [0.2, 0.25) is 0 Å². The second-order valence-corrected chi connectivity index (χ2v) is 5.09. The minimum atomic E-state index is -1.02. The maximum Gasteiger partial charge on any atom is 0.227 e. The summed E-state index contributed by atoms with van der Waals surface area (Å²) in [4.78, 5) is 12.0. The van der Waals surface area contributed by atoms with Crippen molar-refractivity contribution in [2.75, 3.05) is 5.32 Å². The molecule has 1 amide bonds. The van der Waals surface area contributed by atoms with Crippen molar-refractivity contribution in [3.8, 4) is 0 Å². The first-order valence-electron chi connectivity index (χ1n) is 6.77. The summed E-state index contributed by atoms with van der Waals surface area (Å²) in [6, 6.07) is 11.4. The Hall–Kier alpha value is -2.20. The number of hydrogen-bond donors (Lipinski definition) is 2. The molecule has 1 atom stereocenters. The van der Waals surface area contributed by atoms with Crippen LogP contribution >= 0.6 is 0 Å². The number of carbonyl (C=O) groups excluding carboxylic acids is 1. The Balaban J connectivity index is 2.05. The van der Waals surface area contributed by atoms with E-state index in [1.165, 1.54) is 18.2 Å². The Kier molecular flexibility index (Phi) is 4.70. The van der Waals surface area contributed by atoms with Gasteiger partial charge in [-0.1, -0.05) is 30.3 Å². The van der Waals surface area contributed by atoms with E-state index < -0.39 is 11.9 Å². The molecular weight excluding hydrogens is 269 g/mol. The monoisotopic (exact) mass is 287 g/mol. The summed E-state index contributed by atoms with van der Waals surface area (Å²) in [5, 5.41) is 12.8. The highest BCUT2D eigenvalue weighted by molar-refractivity contribution is 5.92. The number of anilines is 1. The molecule has 3 nitrogen and oxygen atoms in total. The molecule has 1 unspecified atom stereocenters. The van der Waals surface area contributed by atoms with Crippen molar-refractivity contribution in [1.29, 1.82) is 0 Å². The number of halogens is 1. The molecule has 0 aliphatic heterocycles. The fourth-order valence-corrected chi connectivity index (χ4v) is 2.21. The number of hydrogen-bond acceptors (Lipinski definition) is 2. The van der Waals surface area contributed by atoms with Crippen LogP contribution in [0.4, 0.5) is 10.1 Å². The quantitative estimate of drug-likeness (QED) is 0.904. The average Bonchev–Trinajstić information content (AvgIpc) is 2.43. The molecule has 0 aliphatic rings. The molecule has 0 saturated heterocycles. The topological polar surface area (TPSA) is 49.3 Å². The van der Waals surface area contributed by atoms with E-state index in [-0.39, 0.29) is 12.3 Å². The van der Waals surface area contributed by atoms with Crippen LogP contribution in [0.5, 0.6) is 0 Å². The van der Waals surface area contributed by atoms with Crippen LogP contribution < -0.4 is 5.32 Å². The van der Waals surface area contributed by atoms with Gasteiger partial charge in [0.15, 0.2) is 0 Å². The first-order chi connectivity index (χ1) is 9.97. The van der Waals surface area contributed by atoms with Crippen LogP contribution in [0.15, 0.2) is 42.5 Å². The third-order valence-electron chi connectivity index (χ3n) is 3.36. The Morgan fingerprint density at radius 1 is 1.19 bits per heavy atom. The first-order valence-corrected chi connectivity index (χ1v) is 6.77. The van der Waals surface area contributed by atoms with Gasteiger partial charge >= 0.3 is 0 Å². The lowest BCUT2D eigenvalue weighted by atomic mass is 10.1. The summed E-state index contributed by atoms with van der Waals surface area (Å²) in [7, 11) is 0. The molecule has 110 valence electrons. The van der Waals surface area contributed by atoms with Crippen LogP contribution in [-0.2, 0) is 4.79 Å². The molecule has 2 aromatic rings. The van der Waals surface area contributed by atoms with Gasteiger partial charge in [0.1, 0.15) is 5.82 Å². The molecule has 0 spiro atoms. The first kappa shape index (κ1) is 15.2. The van der Waals surface area contributed by atoms with Gasteiger partial charge < -0.3 is 10.4 Å². The number of nitrogens with one attached hydrogen (secondary N) is 1. The highest BCUT2D eigenvalue weighted by Gasteiger charge is 2.15. The van der Waals surface area contributed by atoms with Crippen molar-refractivity contribution in [2.45, 2.75) is 26.4 Å². The van der Waals surface area contributed by atoms with Gasteiger partial charge in [-0.25, -0.2) is 4.39 Å². The fourth-order valence-electron chi connectivity index (χ4n) is 2.21. The second-order valence-electron chi connectivity index (χ2n) is 5.09. The molecule has 4 heteroatoms. The predicted octanol–water partition coefficient (Wildman–Crippen LogP) is 3.50. The van der Waals surface area contributed by atoms with E-state index in [2.05, 4.69) is 5.32 Å². The predicted molar refractivity (Wildman–Crippen MR) is 80.5 cm³/mol. The van der Waals surface area contributed by atoms with Crippen molar-refractivity contribution < 1.29 is 14.3 Å². The third-order valence-corrected chi connectivity index (χ3v) is 3.36. The minimum Gasteiger partial charge on any atom is -0.388 e. The minimum absolute atomic E-state index is 0.114. The summed E-state index contributed by atoms with van der Waals surface area (Å²) < 4.78 is 13.1. The molecule has 0 saturated carbocycles. The van der Waals surface area contributed by atoms with Crippen LogP contribution in [0.1, 0.15) is 29.2 Å². The lowest BCUT2D eigenvalue weighted by molar-refractivity contribution is -0.118. The number of benzene rings is 2. The van der Waals surface area contributed by atoms with E-state index in [1.807, 2.05) is 32.0 Å². The number of amides is 1. The van der Waals surface area contributed by atoms with E-state index in [0.29, 0.717) is 5.56 Å². The Morgan fingerprint density at radius 2 is 1.81 bits per heavy atom. The van der Waals surface area contributed by atoms with Crippen molar-refractivity contribution in [3.05, 3.63) is 65.0 Å². The molecule has 0 radical (unpaired) electrons. The van der Waals surface area contributed by atoms with Crippen LogP contribution in [0.3, 0.4) is 0 Å². The van der Waals surface area contributed by atoms with Crippen LogP contribution in [-0.4, -0.2) is 11.0 Å². The van der Waals surface area contributed by atoms with Gasteiger partial charge in [0.25, 0.3) is 0 Å². The van der Waals surface area contributed by atoms with E-state index in [9.17, 15) is 14.3 Å². The van der Waals surface area contributed by atoms with E-state index in [0.717, 1.165) is 16.8 Å². The lowest BCUT2D eigenvalue weighted by Crippen LogP contribution is -2.17. The fraction of sp³-hybridized carbons (Fsp3) is 0.235. The standard InChI is InChI=1S/C17H18FNO2/c1-11-5-3-6-12(2)17(11)19-16(21)10-15(20)13-7-4-8-14(18)9-13/h3-9,15,20H,10H2,1-2H3,(H,19,21). The smallest absolute Gasteiger partial charge is 0.227 e. The Labute approximate surface area is 123 Å². The van der Waals surface area contributed by atoms with Crippen molar-refractivity contribution in [3.63, 3.8) is 0 Å². The molecule has 0 heterocycles. The van der Waals surface area contributed by atoms with Gasteiger partial charge in [-0.15, -0.1) is 0 Å². The summed E-state index contributed by atoms with van der Waals surface area (Å²) in [5.41, 5.74) is 3.08. The number of para-hydroxylation sites is 1. The largest absolute Gasteiger partial charge is 0.388 e. The molecule has 2 rings (SSSR count). The van der Waals surface area contributed by atoms with E-state index >= 15 is 0 Å². The van der Waals surface area contributed by atoms with Crippen LogP contribution in [0, 0.1) is 19.7 Å². The number of aryl methyl sites for hydroxylation is 2. The summed E-state index contributed by atoms with van der Waals surface area (Å²) >= 11 is 0. The molecule has 0 aromatic heterocycles. The number of rotatable bonds is 4. The molecule has 21 heavy (non-hydrogen) atoms. The number of carbonyl (C=O) groups is 1. The number of aliphatic hydroxyl groups is 1. The van der Waals surface area contributed by atoms with Gasteiger partial charge in [0, 0.05) is 5.69 Å². The van der Waals surface area contributed by atoms with Crippen molar-refractivity contribution in [1.82, 2.24) is 0 Å². The lowest BCUT2D eigenvalue weighted by Gasteiger charge is -2.14.